The van der Waals surface area contributed by atoms with Crippen LogP contribution < -0.4 is 0 Å². The Bertz CT molecular complexity index is 294. The first-order valence-corrected chi connectivity index (χ1v) is 6.69. The molecule has 104 valence electrons. The molecule has 2 aliphatic rings. The molecule has 0 saturated carbocycles. The average molecular weight is 257 g/mol. The third kappa shape index (κ3) is 3.36. The Hall–Kier alpha value is -0.810. The van der Waals surface area contributed by atoms with Crippen LogP contribution in [0.4, 0.5) is 4.79 Å². The van der Waals surface area contributed by atoms with Gasteiger partial charge in [0.25, 0.3) is 0 Å². The molecule has 0 aromatic rings. The van der Waals surface area contributed by atoms with Crippen molar-refractivity contribution in [3.05, 3.63) is 0 Å². The molecule has 2 saturated heterocycles. The molecule has 5 heteroatoms. The van der Waals surface area contributed by atoms with E-state index in [1.165, 1.54) is 6.42 Å². The Labute approximate surface area is 108 Å². The lowest BCUT2D eigenvalue weighted by Gasteiger charge is -2.27. The van der Waals surface area contributed by atoms with Gasteiger partial charge in [-0.1, -0.05) is 20.8 Å². The SMILES string of the molecule is CC(C)(C)C1OCC(OC(=O)N2CCCCC2)O1. The molecule has 1 amide bonds. The molecule has 0 bridgehead atoms. The largest absolute Gasteiger partial charge is 0.417 e. The van der Waals surface area contributed by atoms with E-state index >= 15 is 0 Å². The highest BCUT2D eigenvalue weighted by molar-refractivity contribution is 5.67. The fourth-order valence-electron chi connectivity index (χ4n) is 2.16. The second kappa shape index (κ2) is 5.45. The van der Waals surface area contributed by atoms with Crippen LogP contribution in [0.15, 0.2) is 0 Å². The van der Waals surface area contributed by atoms with E-state index in [1.807, 2.05) is 20.8 Å². The number of nitrogens with zero attached hydrogens (tertiary/aromatic N) is 1. The van der Waals surface area contributed by atoms with E-state index in [0.717, 1.165) is 25.9 Å². The first-order chi connectivity index (χ1) is 8.47. The number of hydrogen-bond donors (Lipinski definition) is 0. The molecular formula is C13H23NO4. The minimum absolute atomic E-state index is 0.105. The summed E-state index contributed by atoms with van der Waals surface area (Å²) in [4.78, 5) is 13.6. The van der Waals surface area contributed by atoms with Crippen LogP contribution in [0.1, 0.15) is 40.0 Å². The van der Waals surface area contributed by atoms with Crippen molar-refractivity contribution in [2.24, 2.45) is 5.41 Å². The standard InChI is InChI=1S/C13H23NO4/c1-13(2,3)11-16-9-10(17-11)18-12(15)14-7-5-4-6-8-14/h10-11H,4-9H2,1-3H3. The van der Waals surface area contributed by atoms with Crippen LogP contribution in [0.2, 0.25) is 0 Å². The Morgan fingerprint density at radius 3 is 2.44 bits per heavy atom. The molecule has 0 spiro atoms. The summed E-state index contributed by atoms with van der Waals surface area (Å²) in [6.07, 6.45) is 2.15. The fraction of sp³-hybridized carbons (Fsp3) is 0.923. The summed E-state index contributed by atoms with van der Waals surface area (Å²) in [6.45, 7) is 8.00. The summed E-state index contributed by atoms with van der Waals surface area (Å²) in [5.41, 5.74) is -0.105. The van der Waals surface area contributed by atoms with Crippen molar-refractivity contribution >= 4 is 6.09 Å². The van der Waals surface area contributed by atoms with Crippen LogP contribution in [-0.2, 0) is 14.2 Å². The van der Waals surface area contributed by atoms with Gasteiger partial charge in [-0.3, -0.25) is 0 Å². The van der Waals surface area contributed by atoms with Crippen molar-refractivity contribution in [2.45, 2.75) is 52.6 Å². The third-order valence-electron chi connectivity index (χ3n) is 3.21. The van der Waals surface area contributed by atoms with Crippen molar-refractivity contribution in [1.82, 2.24) is 4.90 Å². The minimum atomic E-state index is -0.566. The zero-order valence-corrected chi connectivity index (χ0v) is 11.5. The van der Waals surface area contributed by atoms with Crippen LogP contribution in [-0.4, -0.2) is 43.3 Å². The van der Waals surface area contributed by atoms with Gasteiger partial charge in [0.2, 0.25) is 6.29 Å². The number of likely N-dealkylation sites (tertiary alicyclic amines) is 1. The summed E-state index contributed by atoms with van der Waals surface area (Å²) < 4.78 is 16.4. The van der Waals surface area contributed by atoms with E-state index in [0.29, 0.717) is 6.61 Å². The Morgan fingerprint density at radius 2 is 1.89 bits per heavy atom. The van der Waals surface area contributed by atoms with Crippen molar-refractivity contribution in [2.75, 3.05) is 19.7 Å². The highest BCUT2D eigenvalue weighted by Gasteiger charge is 2.37. The molecule has 0 aromatic carbocycles. The maximum atomic E-state index is 11.9. The van der Waals surface area contributed by atoms with Crippen LogP contribution >= 0.6 is 0 Å². The quantitative estimate of drug-likeness (QED) is 0.723. The van der Waals surface area contributed by atoms with Crippen molar-refractivity contribution < 1.29 is 19.0 Å². The van der Waals surface area contributed by atoms with Gasteiger partial charge in [0.15, 0.2) is 6.29 Å². The number of hydrogen-bond acceptors (Lipinski definition) is 4. The summed E-state index contributed by atoms with van der Waals surface area (Å²) >= 11 is 0. The molecule has 0 aromatic heterocycles. The molecule has 0 aliphatic carbocycles. The van der Waals surface area contributed by atoms with Crippen LogP contribution in [0.25, 0.3) is 0 Å². The number of amides is 1. The first-order valence-electron chi connectivity index (χ1n) is 6.69. The summed E-state index contributed by atoms with van der Waals surface area (Å²) in [7, 11) is 0. The van der Waals surface area contributed by atoms with Gasteiger partial charge < -0.3 is 19.1 Å². The lowest BCUT2D eigenvalue weighted by Crippen LogP contribution is -2.38. The normalized spacial score (nSPS) is 29.4. The number of piperidine rings is 1. The second-order valence-electron chi connectivity index (χ2n) is 6.03. The van der Waals surface area contributed by atoms with Gasteiger partial charge >= 0.3 is 6.09 Å². The molecule has 18 heavy (non-hydrogen) atoms. The monoisotopic (exact) mass is 257 g/mol. The van der Waals surface area contributed by atoms with E-state index in [2.05, 4.69) is 0 Å². The summed E-state index contributed by atoms with van der Waals surface area (Å²) in [6, 6.07) is 0. The van der Waals surface area contributed by atoms with Gasteiger partial charge in [0.1, 0.15) is 6.61 Å². The minimum Gasteiger partial charge on any atom is -0.417 e. The highest BCUT2D eigenvalue weighted by Crippen LogP contribution is 2.29. The Kier molecular flexibility index (Phi) is 4.12. The van der Waals surface area contributed by atoms with Gasteiger partial charge in [0, 0.05) is 18.5 Å². The molecule has 0 N–H and O–H groups in total. The Balaban J connectivity index is 1.78. The molecule has 2 rings (SSSR count). The van der Waals surface area contributed by atoms with E-state index in [-0.39, 0.29) is 17.8 Å². The molecule has 5 nitrogen and oxygen atoms in total. The maximum Gasteiger partial charge on any atom is 0.412 e. The van der Waals surface area contributed by atoms with Crippen molar-refractivity contribution in [1.29, 1.82) is 0 Å². The lowest BCUT2D eigenvalue weighted by atomic mass is 9.96. The molecule has 2 atom stereocenters. The van der Waals surface area contributed by atoms with E-state index in [1.54, 1.807) is 4.90 Å². The van der Waals surface area contributed by atoms with Gasteiger partial charge in [0.05, 0.1) is 0 Å². The Morgan fingerprint density at radius 1 is 1.22 bits per heavy atom. The predicted octanol–water partition coefficient (Wildman–Crippen LogP) is 2.35. The lowest BCUT2D eigenvalue weighted by molar-refractivity contribution is -0.163. The second-order valence-corrected chi connectivity index (χ2v) is 6.03. The number of ether oxygens (including phenoxy) is 3. The summed E-state index contributed by atoms with van der Waals surface area (Å²) in [5, 5.41) is 0. The fourth-order valence-corrected chi connectivity index (χ4v) is 2.16. The van der Waals surface area contributed by atoms with Gasteiger partial charge in [-0.05, 0) is 19.3 Å². The summed E-state index contributed by atoms with van der Waals surface area (Å²) in [5.74, 6) is 0. The smallest absolute Gasteiger partial charge is 0.412 e. The van der Waals surface area contributed by atoms with Crippen LogP contribution in [0.5, 0.6) is 0 Å². The zero-order valence-electron chi connectivity index (χ0n) is 11.5. The van der Waals surface area contributed by atoms with Gasteiger partial charge in [-0.15, -0.1) is 0 Å². The van der Waals surface area contributed by atoms with Crippen LogP contribution in [0, 0.1) is 5.41 Å². The maximum absolute atomic E-state index is 11.9. The van der Waals surface area contributed by atoms with Gasteiger partial charge in [-0.25, -0.2) is 4.79 Å². The van der Waals surface area contributed by atoms with Crippen molar-refractivity contribution in [3.8, 4) is 0 Å². The van der Waals surface area contributed by atoms with E-state index < -0.39 is 6.29 Å². The third-order valence-corrected chi connectivity index (χ3v) is 3.21. The number of carbonyl (C=O) groups is 1. The van der Waals surface area contributed by atoms with E-state index in [4.69, 9.17) is 14.2 Å². The topological polar surface area (TPSA) is 48.0 Å². The van der Waals surface area contributed by atoms with E-state index in [9.17, 15) is 4.79 Å². The molecule has 2 heterocycles. The first kappa shape index (κ1) is 13.6. The predicted molar refractivity (Wildman–Crippen MR) is 66.0 cm³/mol. The van der Waals surface area contributed by atoms with Crippen molar-refractivity contribution in [3.63, 3.8) is 0 Å². The highest BCUT2D eigenvalue weighted by atomic mass is 16.8. The number of carbonyl (C=O) groups excluding carboxylic acids is 1. The molecular weight excluding hydrogens is 234 g/mol. The van der Waals surface area contributed by atoms with Gasteiger partial charge in [-0.2, -0.15) is 0 Å². The zero-order chi connectivity index (χ0) is 13.2. The molecule has 2 fully saturated rings. The number of rotatable bonds is 1. The molecule has 2 unspecified atom stereocenters. The van der Waals surface area contributed by atoms with Crippen LogP contribution in [0.3, 0.4) is 0 Å². The average Bonchev–Trinajstić information content (AvgIpc) is 2.78. The molecule has 2 aliphatic heterocycles. The molecule has 0 radical (unpaired) electrons.